The molecule has 0 aliphatic heterocycles. The maximum absolute atomic E-state index is 11.8. The Morgan fingerprint density at radius 2 is 2.18 bits per heavy atom. The van der Waals surface area contributed by atoms with Crippen LogP contribution in [0.3, 0.4) is 0 Å². The SMILES string of the molecule is CC(C)NC(=O)c1ncn2c(=O)n(C)nnc12. The van der Waals surface area contributed by atoms with Gasteiger partial charge in [-0.2, -0.15) is 4.68 Å². The summed E-state index contributed by atoms with van der Waals surface area (Å²) in [6, 6.07) is -0.0150. The van der Waals surface area contributed by atoms with Crippen LogP contribution in [0.15, 0.2) is 11.1 Å². The number of fused-ring (bicyclic) bond motifs is 1. The molecule has 0 aliphatic carbocycles. The van der Waals surface area contributed by atoms with Crippen molar-refractivity contribution in [1.29, 1.82) is 0 Å². The highest BCUT2D eigenvalue weighted by Crippen LogP contribution is 2.02. The van der Waals surface area contributed by atoms with Gasteiger partial charge in [-0.05, 0) is 13.8 Å². The second kappa shape index (κ2) is 3.96. The monoisotopic (exact) mass is 236 g/mol. The van der Waals surface area contributed by atoms with Crippen molar-refractivity contribution in [2.75, 3.05) is 0 Å². The third kappa shape index (κ3) is 1.88. The lowest BCUT2D eigenvalue weighted by Crippen LogP contribution is -2.31. The molecule has 0 radical (unpaired) electrons. The van der Waals surface area contributed by atoms with Gasteiger partial charge in [0.25, 0.3) is 5.91 Å². The van der Waals surface area contributed by atoms with Crippen LogP contribution in [0.2, 0.25) is 0 Å². The molecule has 90 valence electrons. The molecule has 2 rings (SSSR count). The number of aromatic nitrogens is 5. The summed E-state index contributed by atoms with van der Waals surface area (Å²) >= 11 is 0. The van der Waals surface area contributed by atoms with Crippen molar-refractivity contribution in [1.82, 2.24) is 29.7 Å². The number of rotatable bonds is 2. The van der Waals surface area contributed by atoms with Gasteiger partial charge in [0.15, 0.2) is 11.3 Å². The fraction of sp³-hybridized carbons (Fsp3) is 0.444. The molecule has 0 aliphatic rings. The Morgan fingerprint density at radius 1 is 1.47 bits per heavy atom. The van der Waals surface area contributed by atoms with E-state index < -0.39 is 5.69 Å². The van der Waals surface area contributed by atoms with Crippen molar-refractivity contribution in [3.63, 3.8) is 0 Å². The van der Waals surface area contributed by atoms with Gasteiger partial charge in [-0.1, -0.05) is 5.21 Å². The number of nitrogens with one attached hydrogen (secondary N) is 1. The lowest BCUT2D eigenvalue weighted by atomic mass is 10.3. The van der Waals surface area contributed by atoms with Crippen LogP contribution < -0.4 is 11.0 Å². The van der Waals surface area contributed by atoms with E-state index in [4.69, 9.17) is 0 Å². The van der Waals surface area contributed by atoms with Gasteiger partial charge in [-0.15, -0.1) is 5.10 Å². The van der Waals surface area contributed by atoms with Crippen LogP contribution in [0.1, 0.15) is 24.3 Å². The zero-order valence-electron chi connectivity index (χ0n) is 9.71. The first-order valence-corrected chi connectivity index (χ1v) is 5.08. The highest BCUT2D eigenvalue weighted by Gasteiger charge is 2.17. The van der Waals surface area contributed by atoms with Crippen molar-refractivity contribution < 1.29 is 4.79 Å². The summed E-state index contributed by atoms with van der Waals surface area (Å²) < 4.78 is 2.25. The molecule has 8 nitrogen and oxygen atoms in total. The standard InChI is InChI=1S/C9H12N6O2/c1-5(2)11-8(16)6-7-12-13-14(3)9(17)15(7)4-10-6/h4-5H,1-3H3,(H,11,16). The van der Waals surface area contributed by atoms with Crippen LogP contribution in [-0.2, 0) is 7.05 Å². The molecule has 2 aromatic heterocycles. The number of hydrogen-bond donors (Lipinski definition) is 1. The average molecular weight is 236 g/mol. The van der Waals surface area contributed by atoms with Crippen molar-refractivity contribution in [3.8, 4) is 0 Å². The molecule has 0 saturated carbocycles. The van der Waals surface area contributed by atoms with Crippen LogP contribution in [0.4, 0.5) is 0 Å². The molecular formula is C9H12N6O2. The van der Waals surface area contributed by atoms with Gasteiger partial charge in [0.05, 0.1) is 0 Å². The van der Waals surface area contributed by atoms with E-state index in [1.54, 1.807) is 0 Å². The third-order valence-electron chi connectivity index (χ3n) is 2.13. The van der Waals surface area contributed by atoms with Crippen molar-refractivity contribution >= 4 is 11.6 Å². The van der Waals surface area contributed by atoms with E-state index in [0.717, 1.165) is 4.68 Å². The Hall–Kier alpha value is -2.25. The first kappa shape index (κ1) is 11.2. The van der Waals surface area contributed by atoms with Gasteiger partial charge in [-0.25, -0.2) is 14.2 Å². The first-order chi connectivity index (χ1) is 8.00. The van der Waals surface area contributed by atoms with Crippen LogP contribution in [0.25, 0.3) is 5.65 Å². The zero-order valence-corrected chi connectivity index (χ0v) is 9.71. The minimum absolute atomic E-state index is 0.0150. The topological polar surface area (TPSA) is 94.2 Å². The lowest BCUT2D eigenvalue weighted by molar-refractivity contribution is 0.0940. The second-order valence-corrected chi connectivity index (χ2v) is 3.91. The van der Waals surface area contributed by atoms with E-state index in [2.05, 4.69) is 20.6 Å². The summed E-state index contributed by atoms with van der Waals surface area (Å²) in [5.41, 5.74) is -0.138. The van der Waals surface area contributed by atoms with Gasteiger partial charge >= 0.3 is 5.69 Å². The first-order valence-electron chi connectivity index (χ1n) is 5.08. The minimum atomic E-state index is -0.397. The summed E-state index contributed by atoms with van der Waals surface area (Å²) in [6.07, 6.45) is 1.27. The molecule has 0 spiro atoms. The lowest BCUT2D eigenvalue weighted by Gasteiger charge is -2.05. The van der Waals surface area contributed by atoms with Crippen molar-refractivity contribution in [2.45, 2.75) is 19.9 Å². The van der Waals surface area contributed by atoms with E-state index in [1.807, 2.05) is 13.8 Å². The maximum Gasteiger partial charge on any atom is 0.352 e. The van der Waals surface area contributed by atoms with Crippen molar-refractivity contribution in [2.24, 2.45) is 7.05 Å². The minimum Gasteiger partial charge on any atom is -0.348 e. The molecule has 0 unspecified atom stereocenters. The second-order valence-electron chi connectivity index (χ2n) is 3.91. The smallest absolute Gasteiger partial charge is 0.348 e. The molecule has 0 saturated heterocycles. The maximum atomic E-state index is 11.8. The molecule has 2 heterocycles. The largest absolute Gasteiger partial charge is 0.352 e. The van der Waals surface area contributed by atoms with E-state index >= 15 is 0 Å². The average Bonchev–Trinajstić information content (AvgIpc) is 2.67. The van der Waals surface area contributed by atoms with Gasteiger partial charge in [0.2, 0.25) is 0 Å². The molecule has 0 aromatic carbocycles. The van der Waals surface area contributed by atoms with Crippen LogP contribution >= 0.6 is 0 Å². The van der Waals surface area contributed by atoms with E-state index in [9.17, 15) is 9.59 Å². The summed E-state index contributed by atoms with van der Waals surface area (Å²) in [6.45, 7) is 3.67. The van der Waals surface area contributed by atoms with Crippen LogP contribution in [0.5, 0.6) is 0 Å². The normalized spacial score (nSPS) is 11.1. The van der Waals surface area contributed by atoms with Crippen molar-refractivity contribution in [3.05, 3.63) is 22.5 Å². The Balaban J connectivity index is 2.54. The summed E-state index contributed by atoms with van der Waals surface area (Å²) in [5, 5.41) is 10.1. The highest BCUT2D eigenvalue weighted by molar-refractivity contribution is 5.97. The zero-order chi connectivity index (χ0) is 12.6. The predicted molar refractivity (Wildman–Crippen MR) is 58.6 cm³/mol. The Bertz CT molecular complexity index is 626. The van der Waals surface area contributed by atoms with E-state index in [-0.39, 0.29) is 23.3 Å². The number of amides is 1. The number of nitrogens with zero attached hydrogens (tertiary/aromatic N) is 5. The van der Waals surface area contributed by atoms with E-state index in [0.29, 0.717) is 0 Å². The Morgan fingerprint density at radius 3 is 2.82 bits per heavy atom. The molecule has 17 heavy (non-hydrogen) atoms. The fourth-order valence-corrected chi connectivity index (χ4v) is 1.37. The van der Waals surface area contributed by atoms with Crippen LogP contribution in [-0.4, -0.2) is 36.3 Å². The quantitative estimate of drug-likeness (QED) is 0.718. The number of carbonyl (C=O) groups excluding carboxylic acids is 1. The number of imidazole rings is 1. The third-order valence-corrected chi connectivity index (χ3v) is 2.13. The van der Waals surface area contributed by atoms with E-state index in [1.165, 1.54) is 17.8 Å². The molecule has 1 N–H and O–H groups in total. The summed E-state index contributed by atoms with van der Waals surface area (Å²) in [7, 11) is 1.47. The summed E-state index contributed by atoms with van der Waals surface area (Å²) in [5.74, 6) is -0.370. The molecule has 2 aromatic rings. The molecule has 1 amide bonds. The molecular weight excluding hydrogens is 224 g/mol. The molecule has 8 heteroatoms. The number of carbonyl (C=O) groups is 1. The van der Waals surface area contributed by atoms with Gasteiger partial charge in [0.1, 0.15) is 6.33 Å². The number of hydrogen-bond acceptors (Lipinski definition) is 5. The Labute approximate surface area is 96.3 Å². The fourth-order valence-electron chi connectivity index (χ4n) is 1.37. The summed E-state index contributed by atoms with van der Waals surface area (Å²) in [4.78, 5) is 27.3. The van der Waals surface area contributed by atoms with Gasteiger partial charge < -0.3 is 5.32 Å². The molecule has 0 atom stereocenters. The van der Waals surface area contributed by atoms with Crippen LogP contribution in [0, 0.1) is 0 Å². The van der Waals surface area contributed by atoms with Gasteiger partial charge in [-0.3, -0.25) is 4.79 Å². The molecule has 0 fully saturated rings. The predicted octanol–water partition coefficient (Wildman–Crippen LogP) is -1.04. The highest BCUT2D eigenvalue weighted by atomic mass is 16.2. The molecule has 0 bridgehead atoms. The number of aryl methyl sites for hydroxylation is 1. The van der Waals surface area contributed by atoms with Gasteiger partial charge in [0, 0.05) is 13.1 Å². The Kier molecular flexibility index (Phi) is 2.62.